The molecule has 21 heavy (non-hydrogen) atoms. The Bertz CT molecular complexity index is 560. The highest BCUT2D eigenvalue weighted by molar-refractivity contribution is 9.10. The lowest BCUT2D eigenvalue weighted by molar-refractivity contribution is 0.251. The Morgan fingerprint density at radius 1 is 1.14 bits per heavy atom. The summed E-state index contributed by atoms with van der Waals surface area (Å²) in [5.41, 5.74) is 2.29. The van der Waals surface area contributed by atoms with Gasteiger partial charge >= 0.3 is 0 Å². The van der Waals surface area contributed by atoms with Crippen molar-refractivity contribution in [2.45, 2.75) is 26.1 Å². The minimum absolute atomic E-state index is 0.0952. The molecule has 0 heterocycles. The zero-order valence-corrected chi connectivity index (χ0v) is 13.6. The van der Waals surface area contributed by atoms with Crippen molar-refractivity contribution < 1.29 is 9.84 Å². The summed E-state index contributed by atoms with van der Waals surface area (Å²) in [5.74, 6) is 0.831. The van der Waals surface area contributed by atoms with Crippen molar-refractivity contribution >= 4 is 15.9 Å². The van der Waals surface area contributed by atoms with Crippen LogP contribution in [-0.2, 0) is 13.2 Å². The fraction of sp³-hybridized carbons (Fsp3) is 0.294. The molecule has 0 unspecified atom stereocenters. The molecule has 0 aliphatic rings. The molecule has 0 aliphatic heterocycles. The van der Waals surface area contributed by atoms with Crippen LogP contribution in [0.3, 0.4) is 0 Å². The molecule has 112 valence electrons. The molecule has 4 heteroatoms. The van der Waals surface area contributed by atoms with Crippen molar-refractivity contribution in [3.05, 3.63) is 64.1 Å². The van der Waals surface area contributed by atoms with Gasteiger partial charge < -0.3 is 15.2 Å². The number of nitrogens with one attached hydrogen (secondary N) is 1. The molecule has 0 amide bonds. The Morgan fingerprint density at radius 2 is 1.90 bits per heavy atom. The lowest BCUT2D eigenvalue weighted by atomic mass is 10.2. The highest BCUT2D eigenvalue weighted by Crippen LogP contribution is 2.26. The van der Waals surface area contributed by atoms with E-state index in [1.165, 1.54) is 0 Å². The maximum atomic E-state index is 9.00. The first-order valence-corrected chi connectivity index (χ1v) is 7.77. The minimum atomic E-state index is 0.0952. The molecule has 0 spiro atoms. The van der Waals surface area contributed by atoms with Crippen LogP contribution < -0.4 is 10.1 Å². The van der Waals surface area contributed by atoms with E-state index in [2.05, 4.69) is 21.2 Å². The maximum Gasteiger partial charge on any atom is 0.134 e. The van der Waals surface area contributed by atoms with Crippen LogP contribution in [0, 0.1) is 0 Å². The Kier molecular flexibility index (Phi) is 6.23. The van der Waals surface area contributed by atoms with Gasteiger partial charge in [0.15, 0.2) is 0 Å². The standard InChI is InChI=1S/C17H20BrNO2/c1-13(11-20)19-10-15-7-8-17(16(18)9-15)21-12-14-5-3-2-4-6-14/h2-9,13,19-20H,10-12H2,1H3/t13-/m1/s1. The van der Waals surface area contributed by atoms with E-state index in [0.717, 1.165) is 27.9 Å². The normalized spacial score (nSPS) is 12.1. The SMILES string of the molecule is C[C@H](CO)NCc1ccc(OCc2ccccc2)c(Br)c1. The monoisotopic (exact) mass is 349 g/mol. The molecule has 0 saturated carbocycles. The highest BCUT2D eigenvalue weighted by Gasteiger charge is 2.05. The van der Waals surface area contributed by atoms with Crippen LogP contribution >= 0.6 is 15.9 Å². The van der Waals surface area contributed by atoms with Crippen molar-refractivity contribution in [1.29, 1.82) is 0 Å². The summed E-state index contributed by atoms with van der Waals surface area (Å²) in [4.78, 5) is 0. The third kappa shape index (κ3) is 5.16. The average Bonchev–Trinajstić information content (AvgIpc) is 2.52. The number of hydrogen-bond acceptors (Lipinski definition) is 3. The zero-order valence-electron chi connectivity index (χ0n) is 12.1. The molecule has 0 fully saturated rings. The maximum absolute atomic E-state index is 9.00. The van der Waals surface area contributed by atoms with Gasteiger partial charge in [0.1, 0.15) is 12.4 Å². The Hall–Kier alpha value is -1.36. The van der Waals surface area contributed by atoms with Crippen LogP contribution in [0.4, 0.5) is 0 Å². The summed E-state index contributed by atoms with van der Waals surface area (Å²) in [5, 5.41) is 12.2. The predicted octanol–water partition coefficient (Wildman–Crippen LogP) is 3.50. The first-order valence-electron chi connectivity index (χ1n) is 6.98. The van der Waals surface area contributed by atoms with Crippen molar-refractivity contribution in [2.24, 2.45) is 0 Å². The number of aliphatic hydroxyl groups excluding tert-OH is 1. The third-order valence-electron chi connectivity index (χ3n) is 3.16. The largest absolute Gasteiger partial charge is 0.488 e. The second-order valence-corrected chi connectivity index (χ2v) is 5.86. The van der Waals surface area contributed by atoms with Crippen LogP contribution in [0.15, 0.2) is 53.0 Å². The molecule has 0 aliphatic carbocycles. The summed E-state index contributed by atoms with van der Waals surface area (Å²) in [6, 6.07) is 16.2. The van der Waals surface area contributed by atoms with Crippen LogP contribution in [-0.4, -0.2) is 17.8 Å². The summed E-state index contributed by atoms with van der Waals surface area (Å²) >= 11 is 3.54. The molecule has 2 N–H and O–H groups in total. The molecule has 3 nitrogen and oxygen atoms in total. The lowest BCUT2D eigenvalue weighted by Crippen LogP contribution is -2.28. The Balaban J connectivity index is 1.93. The average molecular weight is 350 g/mol. The second-order valence-electron chi connectivity index (χ2n) is 5.00. The molecule has 1 atom stereocenters. The van der Waals surface area contributed by atoms with Gasteiger partial charge in [0.25, 0.3) is 0 Å². The Labute approximate surface area is 134 Å². The molecule has 0 bridgehead atoms. The molecule has 2 aromatic rings. The highest BCUT2D eigenvalue weighted by atomic mass is 79.9. The molecule has 2 rings (SSSR count). The number of aliphatic hydroxyl groups is 1. The van der Waals surface area contributed by atoms with E-state index in [1.54, 1.807) is 0 Å². The van der Waals surface area contributed by atoms with Gasteiger partial charge in [0, 0.05) is 12.6 Å². The van der Waals surface area contributed by atoms with E-state index in [-0.39, 0.29) is 12.6 Å². The van der Waals surface area contributed by atoms with E-state index in [1.807, 2.05) is 55.5 Å². The first kappa shape index (κ1) is 16.0. The smallest absolute Gasteiger partial charge is 0.134 e. The van der Waals surface area contributed by atoms with Gasteiger partial charge in [-0.05, 0) is 46.1 Å². The minimum Gasteiger partial charge on any atom is -0.488 e. The lowest BCUT2D eigenvalue weighted by Gasteiger charge is -2.13. The Morgan fingerprint density at radius 3 is 2.57 bits per heavy atom. The molecule has 0 saturated heterocycles. The van der Waals surface area contributed by atoms with Crippen LogP contribution in [0.5, 0.6) is 5.75 Å². The van der Waals surface area contributed by atoms with E-state index in [0.29, 0.717) is 6.61 Å². The predicted molar refractivity (Wildman–Crippen MR) is 88.3 cm³/mol. The number of halogens is 1. The molecule has 0 aromatic heterocycles. The van der Waals surface area contributed by atoms with E-state index in [4.69, 9.17) is 9.84 Å². The first-order chi connectivity index (χ1) is 10.2. The summed E-state index contributed by atoms with van der Waals surface area (Å²) in [6.45, 7) is 3.36. The molecular weight excluding hydrogens is 330 g/mol. The summed E-state index contributed by atoms with van der Waals surface area (Å²) in [6.07, 6.45) is 0. The fourth-order valence-corrected chi connectivity index (χ4v) is 2.40. The van der Waals surface area contributed by atoms with Crippen LogP contribution in [0.1, 0.15) is 18.1 Å². The second kappa shape index (κ2) is 8.17. The number of ether oxygens (including phenoxy) is 1. The van der Waals surface area contributed by atoms with Gasteiger partial charge in [-0.2, -0.15) is 0 Å². The van der Waals surface area contributed by atoms with Gasteiger partial charge in [-0.15, -0.1) is 0 Å². The van der Waals surface area contributed by atoms with E-state index < -0.39 is 0 Å². The van der Waals surface area contributed by atoms with Crippen LogP contribution in [0.25, 0.3) is 0 Å². The molecule has 2 aromatic carbocycles. The van der Waals surface area contributed by atoms with Crippen molar-refractivity contribution in [1.82, 2.24) is 5.32 Å². The van der Waals surface area contributed by atoms with Gasteiger partial charge in [-0.1, -0.05) is 36.4 Å². The number of benzene rings is 2. The molecule has 0 radical (unpaired) electrons. The van der Waals surface area contributed by atoms with Gasteiger partial charge in [-0.25, -0.2) is 0 Å². The summed E-state index contributed by atoms with van der Waals surface area (Å²) < 4.78 is 6.76. The topological polar surface area (TPSA) is 41.5 Å². The quantitative estimate of drug-likeness (QED) is 0.803. The summed E-state index contributed by atoms with van der Waals surface area (Å²) in [7, 11) is 0. The van der Waals surface area contributed by atoms with Crippen molar-refractivity contribution in [3.63, 3.8) is 0 Å². The molecular formula is C17H20BrNO2. The van der Waals surface area contributed by atoms with Crippen molar-refractivity contribution in [3.8, 4) is 5.75 Å². The number of hydrogen-bond donors (Lipinski definition) is 2. The van der Waals surface area contributed by atoms with Gasteiger partial charge in [0.05, 0.1) is 11.1 Å². The van der Waals surface area contributed by atoms with E-state index >= 15 is 0 Å². The van der Waals surface area contributed by atoms with Gasteiger partial charge in [-0.3, -0.25) is 0 Å². The fourth-order valence-electron chi connectivity index (χ4n) is 1.86. The van der Waals surface area contributed by atoms with Crippen molar-refractivity contribution in [2.75, 3.05) is 6.61 Å². The third-order valence-corrected chi connectivity index (χ3v) is 3.78. The van der Waals surface area contributed by atoms with E-state index in [9.17, 15) is 0 Å². The van der Waals surface area contributed by atoms with Crippen LogP contribution in [0.2, 0.25) is 0 Å². The van der Waals surface area contributed by atoms with Gasteiger partial charge in [0.2, 0.25) is 0 Å². The number of rotatable bonds is 7. The zero-order chi connectivity index (χ0) is 15.1.